The number of likely N-dealkylation sites (tertiary alicyclic amines) is 1. The molecule has 1 spiro atoms. The lowest BCUT2D eigenvalue weighted by molar-refractivity contribution is -0.146. The van der Waals surface area contributed by atoms with Crippen LogP contribution in [0.1, 0.15) is 44.7 Å². The lowest BCUT2D eigenvalue weighted by Gasteiger charge is -2.39. The molecule has 266 valence electrons. The van der Waals surface area contributed by atoms with E-state index in [1.54, 1.807) is 11.0 Å². The Balaban J connectivity index is 1.37. The fourth-order valence-electron chi connectivity index (χ4n) is 8.19. The number of amides is 3. The van der Waals surface area contributed by atoms with Crippen LogP contribution in [-0.2, 0) is 28.7 Å². The summed E-state index contributed by atoms with van der Waals surface area (Å²) < 4.78 is 13.0. The smallest absolute Gasteiger partial charge is 0.306 e. The molecular weight excluding hydrogens is 714 g/mol. The Morgan fingerprint density at radius 2 is 1.71 bits per heavy atom. The quantitative estimate of drug-likeness (QED) is 0.262. The summed E-state index contributed by atoms with van der Waals surface area (Å²) in [6.45, 7) is 3.69. The predicted octanol–water partition coefficient (Wildman–Crippen LogP) is 5.20. The molecule has 4 aliphatic heterocycles. The van der Waals surface area contributed by atoms with E-state index in [-0.39, 0.29) is 32.1 Å². The van der Waals surface area contributed by atoms with E-state index in [1.807, 2.05) is 98.8 Å². The number of halogens is 1. The molecule has 0 aliphatic carbocycles. The van der Waals surface area contributed by atoms with Crippen molar-refractivity contribution in [2.24, 2.45) is 17.8 Å². The van der Waals surface area contributed by atoms with Crippen LogP contribution in [0.25, 0.3) is 10.8 Å². The van der Waals surface area contributed by atoms with E-state index in [0.29, 0.717) is 23.0 Å². The number of aliphatic hydroxyl groups excluding tert-OH is 1. The molecule has 3 amide bonds. The molecule has 2 N–H and O–H groups in total. The minimum atomic E-state index is -1.48. The molecular formula is C40H42BrN3O7. The number of cyclic esters (lactones) is 1. The molecule has 7 rings (SSSR count). The number of rotatable bonds is 6. The lowest BCUT2D eigenvalue weighted by atomic mass is 9.74. The number of ether oxygens (including phenoxy) is 2. The molecule has 0 saturated carbocycles. The minimum absolute atomic E-state index is 0.0960. The highest BCUT2D eigenvalue weighted by molar-refractivity contribution is 9.11. The van der Waals surface area contributed by atoms with Gasteiger partial charge in [-0.05, 0) is 53.3 Å². The van der Waals surface area contributed by atoms with Crippen molar-refractivity contribution in [3.05, 3.63) is 101 Å². The highest BCUT2D eigenvalue weighted by Crippen LogP contribution is 2.59. The van der Waals surface area contributed by atoms with Gasteiger partial charge in [0.1, 0.15) is 24.4 Å². The third kappa shape index (κ3) is 6.40. The number of hydrogen-bond donors (Lipinski definition) is 2. The van der Waals surface area contributed by atoms with E-state index < -0.39 is 65.4 Å². The van der Waals surface area contributed by atoms with Gasteiger partial charge in [0.2, 0.25) is 11.8 Å². The average Bonchev–Trinajstić information content (AvgIpc) is 3.73. The Bertz CT molecular complexity index is 1900. The largest absolute Gasteiger partial charge is 0.463 e. The van der Waals surface area contributed by atoms with Crippen LogP contribution in [0.2, 0.25) is 0 Å². The molecule has 5 bridgehead atoms. The van der Waals surface area contributed by atoms with Crippen molar-refractivity contribution in [1.82, 2.24) is 10.2 Å². The number of carbonyl (C=O) groups excluding carboxylic acids is 4. The van der Waals surface area contributed by atoms with Crippen LogP contribution in [0.3, 0.4) is 0 Å². The zero-order chi connectivity index (χ0) is 35.9. The average molecular weight is 757 g/mol. The van der Waals surface area contributed by atoms with E-state index in [0.717, 1.165) is 16.3 Å². The van der Waals surface area contributed by atoms with Crippen LogP contribution >= 0.6 is 15.9 Å². The van der Waals surface area contributed by atoms with Crippen LogP contribution in [0.15, 0.2) is 95.5 Å². The van der Waals surface area contributed by atoms with Crippen molar-refractivity contribution in [2.45, 2.75) is 62.9 Å². The second-order valence-electron chi connectivity index (χ2n) is 14.2. The SMILES string of the molecule is CC(C)C[C@H](CO)N1C(=O)[C@H]2[C@@H]3C(=O)N[C@H](c4ccccc4)COC(=O)CC/C=C\CN(c4ccc5ccccc5c4)C(=O)[C@H]1[C@@]21C=C(Br)[C@@H]3O1. The number of carbonyl (C=O) groups is 4. The first-order chi connectivity index (χ1) is 24.6. The predicted molar refractivity (Wildman–Crippen MR) is 196 cm³/mol. The molecule has 11 heteroatoms. The summed E-state index contributed by atoms with van der Waals surface area (Å²) in [6.07, 6.45) is 5.59. The van der Waals surface area contributed by atoms with Gasteiger partial charge in [0.15, 0.2) is 0 Å². The molecule has 0 unspecified atom stereocenters. The summed E-state index contributed by atoms with van der Waals surface area (Å²) in [5, 5.41) is 15.8. The topological polar surface area (TPSA) is 125 Å². The number of nitrogens with zero attached hydrogens (tertiary/aromatic N) is 2. The molecule has 4 heterocycles. The van der Waals surface area contributed by atoms with Gasteiger partial charge in [-0.2, -0.15) is 0 Å². The Hall–Kier alpha value is -4.32. The van der Waals surface area contributed by atoms with E-state index in [1.165, 1.54) is 4.90 Å². The molecule has 7 atom stereocenters. The molecule has 3 aromatic rings. The van der Waals surface area contributed by atoms with Gasteiger partial charge in [-0.1, -0.05) is 103 Å². The van der Waals surface area contributed by atoms with Gasteiger partial charge < -0.3 is 29.7 Å². The van der Waals surface area contributed by atoms with E-state index >= 15 is 4.79 Å². The van der Waals surface area contributed by atoms with Crippen LogP contribution < -0.4 is 10.2 Å². The lowest BCUT2D eigenvalue weighted by Crippen LogP contribution is -2.59. The van der Waals surface area contributed by atoms with Crippen LogP contribution in [0, 0.1) is 17.8 Å². The number of allylic oxidation sites excluding steroid dienone is 1. The number of aliphatic hydroxyl groups is 1. The zero-order valence-electron chi connectivity index (χ0n) is 28.6. The van der Waals surface area contributed by atoms with Crippen molar-refractivity contribution in [1.29, 1.82) is 0 Å². The molecule has 2 fully saturated rings. The Morgan fingerprint density at radius 1 is 0.961 bits per heavy atom. The van der Waals surface area contributed by atoms with Gasteiger partial charge in [0.25, 0.3) is 5.91 Å². The fraction of sp³-hybridized carbons (Fsp3) is 0.400. The summed E-state index contributed by atoms with van der Waals surface area (Å²) in [7, 11) is 0. The van der Waals surface area contributed by atoms with Crippen molar-refractivity contribution < 1.29 is 33.8 Å². The standard InChI is InChI=1S/C40H42BrN3O7/c1-24(2)19-29(22-45)44-36-39(49)43(28-17-16-25-11-8-9-14-27(25)20-28)18-10-4-7-15-32(46)50-23-31(26-12-5-3-6-13-26)42-37(47)33-34(38(44)48)40(36)21-30(41)35(33)51-40/h3-6,8-14,16-17,20-21,24,29,31,33-36,45H,7,15,18-19,22-23H2,1-2H3,(H,42,47)/b10-4-/t29-,31+,33+,34-,35+,36+,40-/m1/s1. The van der Waals surface area contributed by atoms with Crippen molar-refractivity contribution in [2.75, 3.05) is 24.7 Å². The second kappa shape index (κ2) is 14.4. The fourth-order valence-corrected chi connectivity index (χ4v) is 8.92. The Labute approximate surface area is 305 Å². The third-order valence-corrected chi connectivity index (χ3v) is 11.1. The minimum Gasteiger partial charge on any atom is -0.463 e. The van der Waals surface area contributed by atoms with E-state index in [4.69, 9.17) is 9.47 Å². The molecule has 10 nitrogen and oxygen atoms in total. The van der Waals surface area contributed by atoms with Crippen LogP contribution in [0.4, 0.5) is 5.69 Å². The first-order valence-electron chi connectivity index (χ1n) is 17.6. The summed E-state index contributed by atoms with van der Waals surface area (Å²) in [6, 6.07) is 20.3. The normalized spacial score (nSPS) is 29.6. The molecule has 4 aliphatic rings. The molecule has 51 heavy (non-hydrogen) atoms. The zero-order valence-corrected chi connectivity index (χ0v) is 30.2. The molecule has 2 saturated heterocycles. The third-order valence-electron chi connectivity index (χ3n) is 10.5. The number of anilines is 1. The summed E-state index contributed by atoms with van der Waals surface area (Å²) in [5.74, 6) is -3.61. The van der Waals surface area contributed by atoms with Gasteiger partial charge >= 0.3 is 5.97 Å². The first kappa shape index (κ1) is 35.1. The maximum absolute atomic E-state index is 15.3. The van der Waals surface area contributed by atoms with Crippen LogP contribution in [-0.4, -0.2) is 77.2 Å². The van der Waals surface area contributed by atoms with Crippen molar-refractivity contribution >= 4 is 56.1 Å². The van der Waals surface area contributed by atoms with Gasteiger partial charge in [-0.25, -0.2) is 0 Å². The summed E-state index contributed by atoms with van der Waals surface area (Å²) in [5.41, 5.74) is -0.126. The van der Waals surface area contributed by atoms with Gasteiger partial charge in [-0.3, -0.25) is 19.2 Å². The maximum atomic E-state index is 15.3. The highest BCUT2D eigenvalue weighted by atomic mass is 79.9. The Morgan fingerprint density at radius 3 is 2.45 bits per heavy atom. The maximum Gasteiger partial charge on any atom is 0.306 e. The van der Waals surface area contributed by atoms with E-state index in [9.17, 15) is 19.5 Å². The van der Waals surface area contributed by atoms with Crippen molar-refractivity contribution in [3.8, 4) is 0 Å². The highest BCUT2D eigenvalue weighted by Gasteiger charge is 2.75. The monoisotopic (exact) mass is 755 g/mol. The molecule has 0 radical (unpaired) electrons. The first-order valence-corrected chi connectivity index (χ1v) is 18.4. The Kier molecular flexibility index (Phi) is 9.88. The van der Waals surface area contributed by atoms with Crippen LogP contribution in [0.5, 0.6) is 0 Å². The van der Waals surface area contributed by atoms with Gasteiger partial charge in [-0.15, -0.1) is 0 Å². The second-order valence-corrected chi connectivity index (χ2v) is 15.1. The number of nitrogens with one attached hydrogen (secondary N) is 1. The van der Waals surface area contributed by atoms with Crippen molar-refractivity contribution in [3.63, 3.8) is 0 Å². The van der Waals surface area contributed by atoms with E-state index in [2.05, 4.69) is 21.2 Å². The molecule has 0 aromatic heterocycles. The molecule has 3 aromatic carbocycles. The number of esters is 1. The van der Waals surface area contributed by atoms with Gasteiger partial charge in [0.05, 0.1) is 30.5 Å². The summed E-state index contributed by atoms with van der Waals surface area (Å²) in [4.78, 5) is 60.6. The van der Waals surface area contributed by atoms with Gasteiger partial charge in [0, 0.05) is 23.1 Å². The number of hydrogen-bond acceptors (Lipinski definition) is 7. The number of benzene rings is 3. The summed E-state index contributed by atoms with van der Waals surface area (Å²) >= 11 is 3.64. The number of fused-ring (bicyclic) bond motifs is 3.